The SMILES string of the molecule is O=C(C1=CC=C(N[SH](=O)=O)CC1)N1CCN(C(=O)c2ccccn2)CC1. The first-order chi connectivity index (χ1) is 12.5. The highest BCUT2D eigenvalue weighted by Crippen LogP contribution is 2.19. The molecule has 0 unspecified atom stereocenters. The van der Waals surface area contributed by atoms with E-state index in [1.54, 1.807) is 46.3 Å². The Morgan fingerprint density at radius 3 is 2.19 bits per heavy atom. The zero-order valence-corrected chi connectivity index (χ0v) is 15.0. The van der Waals surface area contributed by atoms with Crippen LogP contribution in [0.2, 0.25) is 0 Å². The number of hydrogen-bond acceptors (Lipinski definition) is 5. The Labute approximate surface area is 153 Å². The molecule has 1 saturated heterocycles. The van der Waals surface area contributed by atoms with E-state index in [0.717, 1.165) is 0 Å². The first-order valence-corrected chi connectivity index (χ1v) is 9.52. The summed E-state index contributed by atoms with van der Waals surface area (Å²) in [4.78, 5) is 32.5. The second-order valence-corrected chi connectivity index (χ2v) is 6.79. The van der Waals surface area contributed by atoms with Crippen LogP contribution in [0.3, 0.4) is 0 Å². The van der Waals surface area contributed by atoms with Gasteiger partial charge in [-0.3, -0.25) is 19.3 Å². The lowest BCUT2D eigenvalue weighted by molar-refractivity contribution is -0.128. The van der Waals surface area contributed by atoms with Crippen molar-refractivity contribution in [1.29, 1.82) is 0 Å². The summed E-state index contributed by atoms with van der Waals surface area (Å²) < 4.78 is 23.7. The molecular formula is C17H20N4O4S. The number of allylic oxidation sites excluding steroid dienone is 3. The minimum Gasteiger partial charge on any atom is -0.335 e. The summed E-state index contributed by atoms with van der Waals surface area (Å²) in [6.45, 7) is 1.87. The van der Waals surface area contributed by atoms with Crippen molar-refractivity contribution >= 4 is 22.7 Å². The number of carbonyl (C=O) groups is 2. The molecule has 3 rings (SSSR count). The van der Waals surface area contributed by atoms with Gasteiger partial charge in [-0.05, 0) is 31.1 Å². The van der Waals surface area contributed by atoms with E-state index < -0.39 is 10.9 Å². The number of carbonyl (C=O) groups excluding carboxylic acids is 2. The summed E-state index contributed by atoms with van der Waals surface area (Å²) in [6, 6.07) is 5.21. The molecule has 8 nitrogen and oxygen atoms in total. The molecule has 0 saturated carbocycles. The van der Waals surface area contributed by atoms with Crippen molar-refractivity contribution in [2.24, 2.45) is 0 Å². The molecule has 1 fully saturated rings. The number of nitrogens with one attached hydrogen (secondary N) is 1. The molecule has 9 heteroatoms. The van der Waals surface area contributed by atoms with E-state index in [0.29, 0.717) is 56.0 Å². The lowest BCUT2D eigenvalue weighted by Gasteiger charge is -2.35. The molecule has 2 aliphatic rings. The van der Waals surface area contributed by atoms with Gasteiger partial charge in [-0.15, -0.1) is 0 Å². The number of amides is 2. The fourth-order valence-electron chi connectivity index (χ4n) is 2.99. The topological polar surface area (TPSA) is 99.7 Å². The first-order valence-electron chi connectivity index (χ1n) is 8.35. The van der Waals surface area contributed by atoms with Gasteiger partial charge in [0.05, 0.1) is 0 Å². The molecular weight excluding hydrogens is 356 g/mol. The van der Waals surface area contributed by atoms with Crippen molar-refractivity contribution in [2.75, 3.05) is 26.2 Å². The quantitative estimate of drug-likeness (QED) is 0.726. The van der Waals surface area contributed by atoms with Gasteiger partial charge in [0.1, 0.15) is 5.69 Å². The van der Waals surface area contributed by atoms with Crippen LogP contribution in [0.25, 0.3) is 0 Å². The van der Waals surface area contributed by atoms with Gasteiger partial charge < -0.3 is 9.80 Å². The van der Waals surface area contributed by atoms with Crippen LogP contribution in [0.5, 0.6) is 0 Å². The lowest BCUT2D eigenvalue weighted by Crippen LogP contribution is -2.51. The molecule has 138 valence electrons. The standard InChI is InChI=1S/C17H20N4O4S/c22-16(13-4-6-14(7-5-13)19-26(24)25)20-9-11-21(12-10-20)17(23)15-3-1-2-8-18-15/h1-4,6,8,26H,5,7,9-12H2,(H,19,24,25). The summed E-state index contributed by atoms with van der Waals surface area (Å²) in [5.74, 6) is -0.184. The smallest absolute Gasteiger partial charge is 0.272 e. The molecule has 0 bridgehead atoms. The molecule has 1 aromatic heterocycles. The van der Waals surface area contributed by atoms with E-state index in [4.69, 9.17) is 0 Å². The summed E-state index contributed by atoms with van der Waals surface area (Å²) in [6.07, 6.45) is 5.86. The molecule has 1 aliphatic heterocycles. The van der Waals surface area contributed by atoms with Gasteiger partial charge in [-0.25, -0.2) is 8.42 Å². The van der Waals surface area contributed by atoms with Gasteiger partial charge in [-0.1, -0.05) is 12.1 Å². The Bertz CT molecular complexity index is 816. The molecule has 26 heavy (non-hydrogen) atoms. The number of aromatic nitrogens is 1. The van der Waals surface area contributed by atoms with Crippen LogP contribution < -0.4 is 4.72 Å². The normalized spacial score (nSPS) is 17.6. The third-order valence-corrected chi connectivity index (χ3v) is 4.87. The maximum atomic E-state index is 12.6. The Morgan fingerprint density at radius 1 is 0.962 bits per heavy atom. The molecule has 0 atom stereocenters. The number of thiol groups is 1. The van der Waals surface area contributed by atoms with Gasteiger partial charge in [-0.2, -0.15) is 0 Å². The summed E-state index contributed by atoms with van der Waals surface area (Å²) >= 11 is 0. The third-order valence-electron chi connectivity index (χ3n) is 4.40. The highest BCUT2D eigenvalue weighted by molar-refractivity contribution is 7.70. The summed E-state index contributed by atoms with van der Waals surface area (Å²) in [7, 11) is -2.68. The van der Waals surface area contributed by atoms with Gasteiger partial charge >= 0.3 is 0 Å². The monoisotopic (exact) mass is 376 g/mol. The van der Waals surface area contributed by atoms with E-state index in [2.05, 4.69) is 9.71 Å². The lowest BCUT2D eigenvalue weighted by atomic mass is 10.0. The highest BCUT2D eigenvalue weighted by atomic mass is 32.2. The first kappa shape index (κ1) is 18.1. The average molecular weight is 376 g/mol. The molecule has 1 aromatic rings. The van der Waals surface area contributed by atoms with Crippen LogP contribution in [0.15, 0.2) is 47.8 Å². The van der Waals surface area contributed by atoms with Gasteiger partial charge in [0, 0.05) is 43.6 Å². The van der Waals surface area contributed by atoms with E-state index >= 15 is 0 Å². The van der Waals surface area contributed by atoms with Crippen LogP contribution >= 0.6 is 0 Å². The molecule has 1 aliphatic carbocycles. The fourth-order valence-corrected chi connectivity index (χ4v) is 3.41. The number of rotatable bonds is 4. The summed E-state index contributed by atoms with van der Waals surface area (Å²) in [5.41, 5.74) is 1.65. The minimum atomic E-state index is -2.68. The van der Waals surface area contributed by atoms with Crippen LogP contribution in [-0.2, 0) is 15.7 Å². The Balaban J connectivity index is 1.56. The zero-order chi connectivity index (χ0) is 18.5. The van der Waals surface area contributed by atoms with Crippen molar-refractivity contribution in [3.05, 3.63) is 53.5 Å². The number of nitrogens with zero attached hydrogens (tertiary/aromatic N) is 3. The molecule has 2 amide bonds. The minimum absolute atomic E-state index is 0.0586. The van der Waals surface area contributed by atoms with E-state index in [1.165, 1.54) is 0 Å². The second-order valence-electron chi connectivity index (χ2n) is 6.05. The maximum Gasteiger partial charge on any atom is 0.272 e. The van der Waals surface area contributed by atoms with Crippen molar-refractivity contribution in [1.82, 2.24) is 19.5 Å². The number of hydrogen-bond donors (Lipinski definition) is 2. The molecule has 0 radical (unpaired) electrons. The average Bonchev–Trinajstić information content (AvgIpc) is 2.68. The molecule has 0 spiro atoms. The van der Waals surface area contributed by atoms with Crippen LogP contribution in [0, 0.1) is 0 Å². The van der Waals surface area contributed by atoms with Gasteiger partial charge in [0.25, 0.3) is 5.91 Å². The van der Waals surface area contributed by atoms with Crippen LogP contribution in [0.1, 0.15) is 23.3 Å². The van der Waals surface area contributed by atoms with E-state index in [1.807, 2.05) is 0 Å². The zero-order valence-electron chi connectivity index (χ0n) is 14.1. The number of piperazine rings is 1. The largest absolute Gasteiger partial charge is 0.335 e. The molecule has 2 heterocycles. The van der Waals surface area contributed by atoms with E-state index in [9.17, 15) is 18.0 Å². The summed E-state index contributed by atoms with van der Waals surface area (Å²) in [5, 5.41) is 0. The fraction of sp³-hybridized carbons (Fsp3) is 0.353. The Morgan fingerprint density at radius 2 is 1.65 bits per heavy atom. The van der Waals surface area contributed by atoms with Crippen LogP contribution in [0.4, 0.5) is 0 Å². The van der Waals surface area contributed by atoms with Gasteiger partial charge in [0.15, 0.2) is 0 Å². The molecule has 1 N–H and O–H groups in total. The van der Waals surface area contributed by atoms with Crippen molar-refractivity contribution in [2.45, 2.75) is 12.8 Å². The maximum absolute atomic E-state index is 12.6. The van der Waals surface area contributed by atoms with Crippen LogP contribution in [-0.4, -0.2) is 61.2 Å². The second kappa shape index (κ2) is 8.13. The van der Waals surface area contributed by atoms with Crippen molar-refractivity contribution in [3.63, 3.8) is 0 Å². The Hall–Kier alpha value is -2.68. The predicted octanol–water partition coefficient (Wildman–Crippen LogP) is 0.0861. The predicted molar refractivity (Wildman–Crippen MR) is 95.6 cm³/mol. The Kier molecular flexibility index (Phi) is 5.67. The van der Waals surface area contributed by atoms with Gasteiger partial charge in [0.2, 0.25) is 16.8 Å². The highest BCUT2D eigenvalue weighted by Gasteiger charge is 2.27. The number of pyridine rings is 1. The molecule has 0 aromatic carbocycles. The third kappa shape index (κ3) is 4.29. The van der Waals surface area contributed by atoms with Crippen molar-refractivity contribution in [3.8, 4) is 0 Å². The van der Waals surface area contributed by atoms with Crippen molar-refractivity contribution < 1.29 is 18.0 Å². The van der Waals surface area contributed by atoms with E-state index in [-0.39, 0.29) is 11.8 Å².